The molecule has 0 aliphatic rings. The monoisotopic (exact) mass is 112 g/mol. The predicted octanol–water partition coefficient (Wildman–Crippen LogP) is 1.20. The fourth-order valence-electron chi connectivity index (χ4n) is 0.265. The van der Waals surface area contributed by atoms with Gasteiger partial charge in [0.05, 0.1) is 0 Å². The number of aliphatic carboxylic acids is 1. The summed E-state index contributed by atoms with van der Waals surface area (Å²) in [5.74, 6) is -0.910. The normalized spacial score (nSPS) is 9.50. The number of carboxylic acids is 1. The number of rotatable bonds is 3. The summed E-state index contributed by atoms with van der Waals surface area (Å²) in [5, 5.41) is 8.02. The first-order valence-electron chi connectivity index (χ1n) is 2.27. The van der Waals surface area contributed by atoms with Crippen LogP contribution in [0.1, 0.15) is 6.42 Å². The van der Waals surface area contributed by atoms with Crippen molar-refractivity contribution < 1.29 is 9.90 Å². The first-order valence-corrected chi connectivity index (χ1v) is 2.27. The van der Waals surface area contributed by atoms with E-state index in [1.54, 1.807) is 6.08 Å². The molecule has 0 bridgehead atoms. The molecular weight excluding hydrogens is 104 g/mol. The van der Waals surface area contributed by atoms with Gasteiger partial charge in [-0.05, 0) is 6.42 Å². The molecule has 0 saturated heterocycles. The second-order valence-electron chi connectivity index (χ2n) is 1.26. The lowest BCUT2D eigenvalue weighted by atomic mass is 10.4. The van der Waals surface area contributed by atoms with E-state index in [1.165, 1.54) is 6.08 Å². The molecule has 2 nitrogen and oxygen atoms in total. The Morgan fingerprint density at radius 2 is 2.38 bits per heavy atom. The molecule has 0 heterocycles. The Balaban J connectivity index is 3.34. The number of hydrogen-bond donors (Lipinski definition) is 1. The van der Waals surface area contributed by atoms with Crippen molar-refractivity contribution >= 4 is 5.97 Å². The van der Waals surface area contributed by atoms with E-state index in [0.29, 0.717) is 6.42 Å². The highest BCUT2D eigenvalue weighted by atomic mass is 16.4. The molecule has 0 atom stereocenters. The van der Waals surface area contributed by atoms with Gasteiger partial charge in [-0.15, -0.1) is 6.58 Å². The lowest BCUT2D eigenvalue weighted by Crippen LogP contribution is -1.84. The van der Waals surface area contributed by atoms with E-state index in [1.807, 2.05) is 0 Å². The van der Waals surface area contributed by atoms with Crippen LogP contribution in [0.25, 0.3) is 0 Å². The Labute approximate surface area is 48.1 Å². The van der Waals surface area contributed by atoms with Gasteiger partial charge in [0.1, 0.15) is 0 Å². The zero-order chi connectivity index (χ0) is 6.41. The molecule has 0 radical (unpaired) electrons. The van der Waals surface area contributed by atoms with E-state index in [2.05, 4.69) is 6.58 Å². The van der Waals surface area contributed by atoms with Crippen LogP contribution in [0.2, 0.25) is 0 Å². The van der Waals surface area contributed by atoms with Crippen LogP contribution in [-0.4, -0.2) is 11.1 Å². The summed E-state index contributed by atoms with van der Waals surface area (Å²) < 4.78 is 0. The van der Waals surface area contributed by atoms with Crippen molar-refractivity contribution in [3.8, 4) is 0 Å². The second kappa shape index (κ2) is 4.12. The fraction of sp³-hybridized carbons (Fsp3) is 0.167. The summed E-state index contributed by atoms with van der Waals surface area (Å²) in [5.41, 5.74) is 0. The Morgan fingerprint density at radius 1 is 1.75 bits per heavy atom. The molecular formula is C6H8O2. The first kappa shape index (κ1) is 6.95. The van der Waals surface area contributed by atoms with Gasteiger partial charge in [0.25, 0.3) is 0 Å². The van der Waals surface area contributed by atoms with Crippen molar-refractivity contribution in [2.24, 2.45) is 0 Å². The van der Waals surface area contributed by atoms with Gasteiger partial charge in [-0.3, -0.25) is 0 Å². The summed E-state index contributed by atoms with van der Waals surface area (Å²) in [4.78, 5) is 9.75. The summed E-state index contributed by atoms with van der Waals surface area (Å²) >= 11 is 0. The van der Waals surface area contributed by atoms with Gasteiger partial charge in [-0.25, -0.2) is 4.79 Å². The van der Waals surface area contributed by atoms with Gasteiger partial charge >= 0.3 is 5.97 Å². The summed E-state index contributed by atoms with van der Waals surface area (Å²) in [6.45, 7) is 3.41. The SMILES string of the molecule is C=CC/C=C\C(=O)O. The highest BCUT2D eigenvalue weighted by Crippen LogP contribution is 1.81. The topological polar surface area (TPSA) is 37.3 Å². The molecule has 0 fully saturated rings. The van der Waals surface area contributed by atoms with Gasteiger partial charge in [-0.2, -0.15) is 0 Å². The Hall–Kier alpha value is -1.05. The van der Waals surface area contributed by atoms with Crippen LogP contribution in [0.15, 0.2) is 24.8 Å². The van der Waals surface area contributed by atoms with Crippen LogP contribution in [0, 0.1) is 0 Å². The van der Waals surface area contributed by atoms with E-state index in [4.69, 9.17) is 5.11 Å². The smallest absolute Gasteiger partial charge is 0.327 e. The Morgan fingerprint density at radius 3 is 2.75 bits per heavy atom. The van der Waals surface area contributed by atoms with E-state index in [0.717, 1.165) is 6.08 Å². The Kier molecular flexibility index (Phi) is 3.58. The van der Waals surface area contributed by atoms with E-state index in [9.17, 15) is 4.79 Å². The minimum atomic E-state index is -0.910. The molecule has 2 heteroatoms. The van der Waals surface area contributed by atoms with Crippen molar-refractivity contribution in [1.82, 2.24) is 0 Å². The third-order valence-corrected chi connectivity index (χ3v) is 0.563. The quantitative estimate of drug-likeness (QED) is 0.440. The molecule has 0 rings (SSSR count). The van der Waals surface area contributed by atoms with E-state index >= 15 is 0 Å². The molecule has 0 spiro atoms. The molecule has 8 heavy (non-hydrogen) atoms. The van der Waals surface area contributed by atoms with Crippen molar-refractivity contribution in [2.45, 2.75) is 6.42 Å². The van der Waals surface area contributed by atoms with Crippen LogP contribution in [0.5, 0.6) is 0 Å². The lowest BCUT2D eigenvalue weighted by molar-refractivity contribution is -0.131. The third-order valence-electron chi connectivity index (χ3n) is 0.563. The molecule has 1 N–H and O–H groups in total. The third kappa shape index (κ3) is 4.95. The Bertz CT molecular complexity index is 114. The molecule has 0 aromatic heterocycles. The number of carboxylic acid groups (broad SMARTS) is 1. The highest BCUT2D eigenvalue weighted by molar-refractivity contribution is 5.79. The molecule has 44 valence electrons. The van der Waals surface area contributed by atoms with Crippen molar-refractivity contribution in [2.75, 3.05) is 0 Å². The van der Waals surface area contributed by atoms with Crippen molar-refractivity contribution in [1.29, 1.82) is 0 Å². The molecule has 0 saturated carbocycles. The minimum Gasteiger partial charge on any atom is -0.478 e. The largest absolute Gasteiger partial charge is 0.478 e. The predicted molar refractivity (Wildman–Crippen MR) is 31.6 cm³/mol. The molecule has 0 aromatic rings. The van der Waals surface area contributed by atoms with Crippen molar-refractivity contribution in [3.05, 3.63) is 24.8 Å². The van der Waals surface area contributed by atoms with Gasteiger partial charge < -0.3 is 5.11 Å². The summed E-state index contributed by atoms with van der Waals surface area (Å²) in [7, 11) is 0. The molecule has 0 aromatic carbocycles. The van der Waals surface area contributed by atoms with Gasteiger partial charge in [0.2, 0.25) is 0 Å². The summed E-state index contributed by atoms with van der Waals surface area (Å²) in [6, 6.07) is 0. The van der Waals surface area contributed by atoms with Crippen LogP contribution < -0.4 is 0 Å². The summed E-state index contributed by atoms with van der Waals surface area (Å²) in [6.07, 6.45) is 4.89. The molecule has 0 aliphatic carbocycles. The average molecular weight is 112 g/mol. The first-order chi connectivity index (χ1) is 3.77. The maximum absolute atomic E-state index is 9.75. The van der Waals surface area contributed by atoms with E-state index in [-0.39, 0.29) is 0 Å². The number of carbonyl (C=O) groups is 1. The maximum Gasteiger partial charge on any atom is 0.327 e. The highest BCUT2D eigenvalue weighted by Gasteiger charge is 1.80. The zero-order valence-corrected chi connectivity index (χ0v) is 4.50. The van der Waals surface area contributed by atoms with Crippen LogP contribution >= 0.6 is 0 Å². The van der Waals surface area contributed by atoms with Gasteiger partial charge in [0.15, 0.2) is 0 Å². The van der Waals surface area contributed by atoms with Crippen LogP contribution in [0.4, 0.5) is 0 Å². The standard InChI is InChI=1S/C6H8O2/c1-2-3-4-5-6(7)8/h2,4-5H,1,3H2,(H,7,8)/b5-4-. The maximum atomic E-state index is 9.75. The van der Waals surface area contributed by atoms with Crippen LogP contribution in [0.3, 0.4) is 0 Å². The molecule has 0 amide bonds. The van der Waals surface area contributed by atoms with Gasteiger partial charge in [0, 0.05) is 6.08 Å². The lowest BCUT2D eigenvalue weighted by Gasteiger charge is -1.75. The van der Waals surface area contributed by atoms with E-state index < -0.39 is 5.97 Å². The fourth-order valence-corrected chi connectivity index (χ4v) is 0.265. The number of allylic oxidation sites excluding steroid dienone is 2. The second-order valence-corrected chi connectivity index (χ2v) is 1.26. The molecule has 0 aliphatic heterocycles. The average Bonchev–Trinajstić information content (AvgIpc) is 1.66. The van der Waals surface area contributed by atoms with Crippen molar-refractivity contribution in [3.63, 3.8) is 0 Å². The van der Waals surface area contributed by atoms with Gasteiger partial charge in [-0.1, -0.05) is 12.2 Å². The zero-order valence-electron chi connectivity index (χ0n) is 4.50. The number of hydrogen-bond acceptors (Lipinski definition) is 1. The minimum absolute atomic E-state index is 0.617. The van der Waals surface area contributed by atoms with Crippen LogP contribution in [-0.2, 0) is 4.79 Å². The molecule has 0 unspecified atom stereocenters.